The summed E-state index contributed by atoms with van der Waals surface area (Å²) >= 11 is 0. The molecule has 0 radical (unpaired) electrons. The Morgan fingerprint density at radius 2 is 1.59 bits per heavy atom. The Bertz CT molecular complexity index is 450. The molecule has 1 amide bonds. The van der Waals surface area contributed by atoms with E-state index in [2.05, 4.69) is 26.1 Å². The Hall–Kier alpha value is -0.810. The van der Waals surface area contributed by atoms with Crippen LogP contribution in [-0.4, -0.2) is 54.5 Å². The van der Waals surface area contributed by atoms with Crippen molar-refractivity contribution in [3.05, 3.63) is 0 Å². The SMILES string of the molecule is CCCCCCCN[C@H]1CN(C(=O)OC(C)(C)C)C[C@]1(C)OCCCCCCC. The van der Waals surface area contributed by atoms with E-state index in [4.69, 9.17) is 9.47 Å². The van der Waals surface area contributed by atoms with Gasteiger partial charge in [0.1, 0.15) is 5.60 Å². The highest BCUT2D eigenvalue weighted by Gasteiger charge is 2.46. The van der Waals surface area contributed by atoms with Crippen molar-refractivity contribution in [2.45, 2.75) is 123 Å². The van der Waals surface area contributed by atoms with E-state index in [0.29, 0.717) is 13.1 Å². The van der Waals surface area contributed by atoms with Gasteiger partial charge in [-0.05, 0) is 47.1 Å². The molecule has 0 spiro atoms. The lowest BCUT2D eigenvalue weighted by Gasteiger charge is -2.31. The minimum Gasteiger partial charge on any atom is -0.444 e. The molecular weight excluding hydrogens is 364 g/mol. The van der Waals surface area contributed by atoms with E-state index in [0.717, 1.165) is 19.6 Å². The van der Waals surface area contributed by atoms with Crippen LogP contribution in [0, 0.1) is 0 Å². The van der Waals surface area contributed by atoms with Gasteiger partial charge in [-0.2, -0.15) is 0 Å². The number of likely N-dealkylation sites (tertiary alicyclic amines) is 1. The second-order valence-electron chi connectivity index (χ2n) is 9.86. The summed E-state index contributed by atoms with van der Waals surface area (Å²) < 4.78 is 12.0. The highest BCUT2D eigenvalue weighted by atomic mass is 16.6. The maximum Gasteiger partial charge on any atom is 0.410 e. The van der Waals surface area contributed by atoms with Gasteiger partial charge in [0.15, 0.2) is 0 Å². The number of carbonyl (C=O) groups excluding carboxylic acids is 1. The number of nitrogens with zero attached hydrogens (tertiary/aromatic N) is 1. The Morgan fingerprint density at radius 1 is 1.00 bits per heavy atom. The number of carbonyl (C=O) groups is 1. The van der Waals surface area contributed by atoms with Crippen molar-refractivity contribution >= 4 is 6.09 Å². The Labute approximate surface area is 180 Å². The molecule has 0 aliphatic carbocycles. The number of hydrogen-bond acceptors (Lipinski definition) is 4. The second kappa shape index (κ2) is 13.5. The monoisotopic (exact) mass is 412 g/mol. The van der Waals surface area contributed by atoms with Crippen LogP contribution in [0.2, 0.25) is 0 Å². The normalized spacial score (nSPS) is 22.3. The largest absolute Gasteiger partial charge is 0.444 e. The number of unbranched alkanes of at least 4 members (excludes halogenated alkanes) is 8. The molecule has 5 heteroatoms. The molecule has 1 saturated heterocycles. The van der Waals surface area contributed by atoms with E-state index in [1.807, 2.05) is 25.7 Å². The van der Waals surface area contributed by atoms with E-state index in [9.17, 15) is 4.79 Å². The van der Waals surface area contributed by atoms with Crippen molar-refractivity contribution < 1.29 is 14.3 Å². The summed E-state index contributed by atoms with van der Waals surface area (Å²) in [7, 11) is 0. The third-order valence-corrected chi connectivity index (χ3v) is 5.65. The Balaban J connectivity index is 2.56. The third kappa shape index (κ3) is 10.7. The van der Waals surface area contributed by atoms with E-state index in [-0.39, 0.29) is 17.7 Å². The molecule has 5 nitrogen and oxygen atoms in total. The van der Waals surface area contributed by atoms with Gasteiger partial charge in [0.25, 0.3) is 0 Å². The smallest absolute Gasteiger partial charge is 0.410 e. The first kappa shape index (κ1) is 26.2. The zero-order valence-electron chi connectivity index (χ0n) is 20.1. The number of ether oxygens (including phenoxy) is 2. The standard InChI is InChI=1S/C24H48N2O3/c1-7-9-11-13-15-17-25-21-19-26(22(27)29-23(3,4)5)20-24(21,6)28-18-16-14-12-10-8-2/h21,25H,7-20H2,1-6H3/t21-,24-/m0/s1. The molecule has 1 rings (SSSR count). The molecule has 1 heterocycles. The number of rotatable bonds is 14. The maximum absolute atomic E-state index is 12.6. The first-order valence-corrected chi connectivity index (χ1v) is 12.1. The molecule has 29 heavy (non-hydrogen) atoms. The van der Waals surface area contributed by atoms with E-state index < -0.39 is 5.60 Å². The zero-order valence-corrected chi connectivity index (χ0v) is 20.1. The van der Waals surface area contributed by atoms with Crippen molar-refractivity contribution in [1.29, 1.82) is 0 Å². The molecule has 1 aliphatic heterocycles. The van der Waals surface area contributed by atoms with Gasteiger partial charge in [0.2, 0.25) is 0 Å². The molecule has 0 aromatic rings. The van der Waals surface area contributed by atoms with E-state index in [1.165, 1.54) is 57.8 Å². The van der Waals surface area contributed by atoms with Gasteiger partial charge in [-0.25, -0.2) is 4.79 Å². The molecule has 172 valence electrons. The molecule has 0 unspecified atom stereocenters. The summed E-state index contributed by atoms with van der Waals surface area (Å²) in [5.41, 5.74) is -0.830. The van der Waals surface area contributed by atoms with Gasteiger partial charge in [-0.1, -0.05) is 65.2 Å². The molecule has 1 N–H and O–H groups in total. The molecule has 2 atom stereocenters. The van der Waals surface area contributed by atoms with E-state index >= 15 is 0 Å². The van der Waals surface area contributed by atoms with Gasteiger partial charge in [0, 0.05) is 13.2 Å². The highest BCUT2D eigenvalue weighted by molar-refractivity contribution is 5.69. The summed E-state index contributed by atoms with van der Waals surface area (Å²) in [4.78, 5) is 14.4. The van der Waals surface area contributed by atoms with Gasteiger partial charge in [-0.3, -0.25) is 0 Å². The van der Waals surface area contributed by atoms with Crippen LogP contribution in [-0.2, 0) is 9.47 Å². The number of nitrogens with one attached hydrogen (secondary N) is 1. The van der Waals surface area contributed by atoms with Crippen LogP contribution in [0.3, 0.4) is 0 Å². The third-order valence-electron chi connectivity index (χ3n) is 5.65. The Morgan fingerprint density at radius 3 is 2.17 bits per heavy atom. The molecule has 1 fully saturated rings. The minimum absolute atomic E-state index is 0.150. The van der Waals surface area contributed by atoms with Crippen LogP contribution in [0.4, 0.5) is 4.79 Å². The van der Waals surface area contributed by atoms with Crippen LogP contribution >= 0.6 is 0 Å². The zero-order chi connectivity index (χ0) is 21.8. The fourth-order valence-electron chi connectivity index (χ4n) is 3.88. The highest BCUT2D eigenvalue weighted by Crippen LogP contribution is 2.28. The van der Waals surface area contributed by atoms with Gasteiger partial charge in [0.05, 0.1) is 18.2 Å². The van der Waals surface area contributed by atoms with Crippen molar-refractivity contribution in [2.75, 3.05) is 26.2 Å². The molecule has 0 aromatic carbocycles. The predicted octanol–water partition coefficient (Wildman–Crippen LogP) is 5.91. The minimum atomic E-state index is -0.474. The Kier molecular flexibility index (Phi) is 12.2. The van der Waals surface area contributed by atoms with Gasteiger partial charge in [-0.15, -0.1) is 0 Å². The van der Waals surface area contributed by atoms with Crippen LogP contribution in [0.5, 0.6) is 0 Å². The fraction of sp³-hybridized carbons (Fsp3) is 0.958. The summed E-state index contributed by atoms with van der Waals surface area (Å²) in [5, 5.41) is 3.68. The van der Waals surface area contributed by atoms with Crippen molar-refractivity contribution in [2.24, 2.45) is 0 Å². The summed E-state index contributed by atoms with van der Waals surface area (Å²) in [6.45, 7) is 15.4. The topological polar surface area (TPSA) is 50.8 Å². The molecular formula is C24H48N2O3. The number of amides is 1. The first-order chi connectivity index (χ1) is 13.7. The molecule has 0 saturated carbocycles. The molecule has 0 bridgehead atoms. The average molecular weight is 413 g/mol. The predicted molar refractivity (Wildman–Crippen MR) is 121 cm³/mol. The maximum atomic E-state index is 12.6. The number of hydrogen-bond donors (Lipinski definition) is 1. The van der Waals surface area contributed by atoms with Crippen molar-refractivity contribution in [3.8, 4) is 0 Å². The van der Waals surface area contributed by atoms with Crippen LogP contribution < -0.4 is 5.32 Å². The first-order valence-electron chi connectivity index (χ1n) is 12.1. The summed E-state index contributed by atoms with van der Waals surface area (Å²) in [6, 6.07) is 0.150. The lowest BCUT2D eigenvalue weighted by atomic mass is 9.99. The van der Waals surface area contributed by atoms with E-state index in [1.54, 1.807) is 0 Å². The summed E-state index contributed by atoms with van der Waals surface area (Å²) in [6.07, 6.45) is 12.2. The van der Waals surface area contributed by atoms with Crippen LogP contribution in [0.15, 0.2) is 0 Å². The van der Waals surface area contributed by atoms with Crippen LogP contribution in [0.1, 0.15) is 106 Å². The summed E-state index contributed by atoms with van der Waals surface area (Å²) in [5.74, 6) is 0. The molecule has 0 aromatic heterocycles. The average Bonchev–Trinajstić information content (AvgIpc) is 2.97. The van der Waals surface area contributed by atoms with Crippen molar-refractivity contribution in [1.82, 2.24) is 10.2 Å². The fourth-order valence-corrected chi connectivity index (χ4v) is 3.88. The lowest BCUT2D eigenvalue weighted by Crippen LogP contribution is -2.50. The van der Waals surface area contributed by atoms with Gasteiger partial charge < -0.3 is 19.7 Å². The van der Waals surface area contributed by atoms with Crippen molar-refractivity contribution in [3.63, 3.8) is 0 Å². The van der Waals surface area contributed by atoms with Crippen LogP contribution in [0.25, 0.3) is 0 Å². The quantitative estimate of drug-likeness (QED) is 0.360. The lowest BCUT2D eigenvalue weighted by molar-refractivity contribution is -0.0423. The molecule has 1 aliphatic rings. The second-order valence-corrected chi connectivity index (χ2v) is 9.86. The van der Waals surface area contributed by atoms with Gasteiger partial charge >= 0.3 is 6.09 Å².